The van der Waals surface area contributed by atoms with Gasteiger partial charge in [0.05, 0.1) is 10.7 Å². The van der Waals surface area contributed by atoms with Gasteiger partial charge in [0.15, 0.2) is 0 Å². The maximum Gasteiger partial charge on any atom is 0.229 e. The molecule has 0 aliphatic carbocycles. The summed E-state index contributed by atoms with van der Waals surface area (Å²) >= 11 is 5.15. The van der Waals surface area contributed by atoms with Gasteiger partial charge >= 0.3 is 0 Å². The molecule has 1 aromatic heterocycles. The molecule has 1 N–H and O–H groups in total. The predicted octanol–water partition coefficient (Wildman–Crippen LogP) is 3.91. The molecule has 0 aliphatic heterocycles. The molecule has 0 aliphatic rings. The quantitative estimate of drug-likeness (QED) is 0.809. The first-order chi connectivity index (χ1) is 9.81. The van der Waals surface area contributed by atoms with Gasteiger partial charge in [-0.3, -0.25) is 9.71 Å². The first kappa shape index (κ1) is 16.3. The Balaban J connectivity index is 2.50. The van der Waals surface area contributed by atoms with Gasteiger partial charge in [0, 0.05) is 28.5 Å². The highest BCUT2D eigenvalue weighted by molar-refractivity contribution is 9.10. The van der Waals surface area contributed by atoms with E-state index in [1.165, 1.54) is 0 Å². The lowest BCUT2D eigenvalue weighted by atomic mass is 10.0. The Labute approximate surface area is 137 Å². The number of hydrogen-bond acceptors (Lipinski definition) is 4. The van der Waals surface area contributed by atoms with Crippen LogP contribution in [0.4, 0.5) is 5.69 Å². The Kier molecular flexibility index (Phi) is 4.95. The number of rotatable bonds is 4. The predicted molar refractivity (Wildman–Crippen MR) is 92.4 cm³/mol. The van der Waals surface area contributed by atoms with Crippen LogP contribution >= 0.6 is 27.7 Å². The summed E-state index contributed by atoms with van der Waals surface area (Å²) in [5.41, 5.74) is 3.61. The third-order valence-corrected chi connectivity index (χ3v) is 5.20. The van der Waals surface area contributed by atoms with Crippen LogP contribution < -0.4 is 4.72 Å². The van der Waals surface area contributed by atoms with Gasteiger partial charge in [-0.25, -0.2) is 8.42 Å². The fraction of sp³-hybridized carbons (Fsp3) is 0.214. The molecule has 21 heavy (non-hydrogen) atoms. The lowest BCUT2D eigenvalue weighted by Gasteiger charge is -2.13. The zero-order valence-corrected chi connectivity index (χ0v) is 15.1. The summed E-state index contributed by atoms with van der Waals surface area (Å²) < 4.78 is 26.0. The molecule has 1 heterocycles. The second-order valence-corrected chi connectivity index (χ2v) is 8.03. The van der Waals surface area contributed by atoms with Crippen LogP contribution in [0.1, 0.15) is 5.56 Å². The number of nitrogens with one attached hydrogen (secondary N) is 1. The molecule has 2 aromatic rings. The van der Waals surface area contributed by atoms with Crippen molar-refractivity contribution in [2.45, 2.75) is 11.8 Å². The van der Waals surface area contributed by atoms with Gasteiger partial charge in [-0.05, 0) is 52.4 Å². The van der Waals surface area contributed by atoms with E-state index >= 15 is 0 Å². The largest absolute Gasteiger partial charge is 0.284 e. The molecule has 0 bridgehead atoms. The second-order valence-electron chi connectivity index (χ2n) is 4.61. The van der Waals surface area contributed by atoms with Crippen molar-refractivity contribution in [1.82, 2.24) is 4.98 Å². The number of thioether (sulfide) groups is 1. The molecule has 0 fully saturated rings. The number of halogens is 1. The van der Waals surface area contributed by atoms with Gasteiger partial charge in [0.2, 0.25) is 10.0 Å². The van der Waals surface area contributed by atoms with E-state index in [-0.39, 0.29) is 0 Å². The van der Waals surface area contributed by atoms with E-state index in [0.29, 0.717) is 5.69 Å². The fourth-order valence-corrected chi connectivity index (χ4v) is 4.07. The average Bonchev–Trinajstić information content (AvgIpc) is 2.36. The van der Waals surface area contributed by atoms with Gasteiger partial charge in [-0.2, -0.15) is 0 Å². The molecule has 0 saturated carbocycles. The number of aryl methyl sites for hydroxylation is 1. The van der Waals surface area contributed by atoms with Crippen molar-refractivity contribution in [2.24, 2.45) is 0 Å². The summed E-state index contributed by atoms with van der Waals surface area (Å²) in [4.78, 5) is 5.33. The van der Waals surface area contributed by atoms with Crippen LogP contribution in [0.15, 0.2) is 40.0 Å². The van der Waals surface area contributed by atoms with Gasteiger partial charge in [-0.1, -0.05) is 6.07 Å². The third-order valence-electron chi connectivity index (χ3n) is 2.88. The lowest BCUT2D eigenvalue weighted by Crippen LogP contribution is -2.09. The molecule has 0 atom stereocenters. The summed E-state index contributed by atoms with van der Waals surface area (Å²) in [6.07, 6.45) is 6.74. The van der Waals surface area contributed by atoms with E-state index in [9.17, 15) is 8.42 Å². The van der Waals surface area contributed by atoms with Crippen LogP contribution in [0.5, 0.6) is 0 Å². The average molecular weight is 387 g/mol. The lowest BCUT2D eigenvalue weighted by molar-refractivity contribution is 0.607. The normalized spacial score (nSPS) is 11.4. The molecule has 7 heteroatoms. The molecule has 0 amide bonds. The van der Waals surface area contributed by atoms with Crippen molar-refractivity contribution >= 4 is 43.4 Å². The van der Waals surface area contributed by atoms with E-state index < -0.39 is 10.0 Å². The Morgan fingerprint density at radius 1 is 1.24 bits per heavy atom. The second kappa shape index (κ2) is 6.37. The molecule has 1 aromatic carbocycles. The highest BCUT2D eigenvalue weighted by Crippen LogP contribution is 2.37. The van der Waals surface area contributed by atoms with Crippen molar-refractivity contribution in [3.63, 3.8) is 0 Å². The van der Waals surface area contributed by atoms with Crippen LogP contribution in [0.2, 0.25) is 0 Å². The molecular formula is C14H15BrN2O2S2. The Bertz CT molecular complexity index is 777. The van der Waals surface area contributed by atoms with Crippen molar-refractivity contribution in [1.29, 1.82) is 0 Å². The zero-order chi connectivity index (χ0) is 15.6. The Hall–Kier alpha value is -1.05. The Morgan fingerprint density at radius 3 is 2.52 bits per heavy atom. The van der Waals surface area contributed by atoms with Crippen molar-refractivity contribution in [3.05, 3.63) is 40.6 Å². The van der Waals surface area contributed by atoms with Gasteiger partial charge in [0.25, 0.3) is 0 Å². The number of aromatic nitrogens is 1. The molecule has 0 saturated heterocycles. The Morgan fingerprint density at radius 2 is 1.95 bits per heavy atom. The maximum atomic E-state index is 11.3. The van der Waals surface area contributed by atoms with E-state index in [1.54, 1.807) is 24.0 Å². The number of benzene rings is 1. The molecular weight excluding hydrogens is 372 g/mol. The molecule has 4 nitrogen and oxygen atoms in total. The van der Waals surface area contributed by atoms with Crippen molar-refractivity contribution < 1.29 is 8.42 Å². The minimum Gasteiger partial charge on any atom is -0.284 e. The fourth-order valence-electron chi connectivity index (χ4n) is 2.07. The molecule has 0 unspecified atom stereocenters. The molecule has 0 spiro atoms. The first-order valence-corrected chi connectivity index (χ1v) is 9.99. The van der Waals surface area contributed by atoms with Crippen LogP contribution in [-0.4, -0.2) is 25.9 Å². The zero-order valence-electron chi connectivity index (χ0n) is 11.8. The monoisotopic (exact) mass is 386 g/mol. The van der Waals surface area contributed by atoms with E-state index in [2.05, 4.69) is 25.6 Å². The highest BCUT2D eigenvalue weighted by atomic mass is 79.9. The third kappa shape index (κ3) is 3.99. The van der Waals surface area contributed by atoms with Crippen molar-refractivity contribution in [3.8, 4) is 11.1 Å². The standard InChI is InChI=1S/C14H15BrN2O2S2/c1-9-6-10(17-21(3,18)19)4-5-11(9)12-7-16-8-13(15)14(12)20-2/h4-8,17H,1-3H3. The first-order valence-electron chi connectivity index (χ1n) is 6.08. The maximum absolute atomic E-state index is 11.3. The molecule has 0 radical (unpaired) electrons. The summed E-state index contributed by atoms with van der Waals surface area (Å²) in [7, 11) is -3.26. The number of sulfonamides is 1. The van der Waals surface area contributed by atoms with Crippen molar-refractivity contribution in [2.75, 3.05) is 17.2 Å². The van der Waals surface area contributed by atoms with E-state index in [4.69, 9.17) is 0 Å². The highest BCUT2D eigenvalue weighted by Gasteiger charge is 2.12. The van der Waals surface area contributed by atoms with E-state index in [0.717, 1.165) is 32.3 Å². The molecule has 112 valence electrons. The summed E-state index contributed by atoms with van der Waals surface area (Å²) in [5.74, 6) is 0. The van der Waals surface area contributed by atoms with Crippen LogP contribution in [-0.2, 0) is 10.0 Å². The van der Waals surface area contributed by atoms with Gasteiger partial charge in [0.1, 0.15) is 0 Å². The van der Waals surface area contributed by atoms with Gasteiger partial charge in [-0.15, -0.1) is 11.8 Å². The topological polar surface area (TPSA) is 59.1 Å². The summed E-state index contributed by atoms with van der Waals surface area (Å²) in [5, 5.41) is 0. The number of nitrogens with zero attached hydrogens (tertiary/aromatic N) is 1. The van der Waals surface area contributed by atoms with Gasteiger partial charge < -0.3 is 0 Å². The van der Waals surface area contributed by atoms with E-state index in [1.807, 2.05) is 31.5 Å². The summed E-state index contributed by atoms with van der Waals surface area (Å²) in [6, 6.07) is 5.49. The summed E-state index contributed by atoms with van der Waals surface area (Å²) in [6.45, 7) is 1.95. The molecule has 2 rings (SSSR count). The SMILES string of the molecule is CSc1c(Br)cncc1-c1ccc(NS(C)(=O)=O)cc1C. The minimum atomic E-state index is -3.26. The van der Waals surface area contributed by atoms with Crippen LogP contribution in [0.3, 0.4) is 0 Å². The van der Waals surface area contributed by atoms with Crippen LogP contribution in [0.25, 0.3) is 11.1 Å². The number of pyridine rings is 1. The van der Waals surface area contributed by atoms with Crippen LogP contribution in [0, 0.1) is 6.92 Å². The minimum absolute atomic E-state index is 0.562. The smallest absolute Gasteiger partial charge is 0.229 e. The number of anilines is 1. The number of hydrogen-bond donors (Lipinski definition) is 1.